The summed E-state index contributed by atoms with van der Waals surface area (Å²) in [5.74, 6) is -1.59. The number of benzene rings is 2. The van der Waals surface area contributed by atoms with Gasteiger partial charge >= 0.3 is 0 Å². The van der Waals surface area contributed by atoms with Gasteiger partial charge in [0.2, 0.25) is 5.91 Å². The lowest BCUT2D eigenvalue weighted by Gasteiger charge is -2.07. The zero-order valence-corrected chi connectivity index (χ0v) is 11.5. The van der Waals surface area contributed by atoms with Gasteiger partial charge in [0.15, 0.2) is 0 Å². The molecule has 5 heteroatoms. The second-order valence-corrected chi connectivity index (χ2v) is 4.73. The molecule has 2 rings (SSSR count). The second kappa shape index (κ2) is 6.17. The van der Waals surface area contributed by atoms with Gasteiger partial charge in [-0.3, -0.25) is 9.59 Å². The lowest BCUT2D eigenvalue weighted by atomic mass is 10.1. The molecule has 4 nitrogen and oxygen atoms in total. The van der Waals surface area contributed by atoms with Crippen LogP contribution in [0.3, 0.4) is 0 Å². The highest BCUT2D eigenvalue weighted by Gasteiger charge is 2.11. The van der Waals surface area contributed by atoms with Crippen molar-refractivity contribution >= 4 is 11.8 Å². The minimum atomic E-state index is -0.557. The van der Waals surface area contributed by atoms with Crippen LogP contribution in [0.25, 0.3) is 0 Å². The Kier molecular flexibility index (Phi) is 4.33. The third kappa shape index (κ3) is 3.66. The van der Waals surface area contributed by atoms with E-state index < -0.39 is 17.6 Å². The number of nitrogens with two attached hydrogens (primary N) is 1. The van der Waals surface area contributed by atoms with Crippen molar-refractivity contribution in [3.63, 3.8) is 0 Å². The van der Waals surface area contributed by atoms with Crippen molar-refractivity contribution in [1.29, 1.82) is 0 Å². The van der Waals surface area contributed by atoms with Crippen LogP contribution in [-0.2, 0) is 6.54 Å². The predicted molar refractivity (Wildman–Crippen MR) is 77.3 cm³/mol. The SMILES string of the molecule is Cc1ccc(C(=O)NCc2cccc(C(N)=O)c2)c(F)c1. The van der Waals surface area contributed by atoms with Gasteiger partial charge in [0.25, 0.3) is 5.91 Å². The van der Waals surface area contributed by atoms with Gasteiger partial charge in [-0.15, -0.1) is 0 Å². The van der Waals surface area contributed by atoms with Crippen molar-refractivity contribution in [3.8, 4) is 0 Å². The molecule has 0 saturated carbocycles. The van der Waals surface area contributed by atoms with Gasteiger partial charge in [0.05, 0.1) is 5.56 Å². The van der Waals surface area contributed by atoms with Crippen molar-refractivity contribution < 1.29 is 14.0 Å². The quantitative estimate of drug-likeness (QED) is 0.904. The van der Waals surface area contributed by atoms with Crippen molar-refractivity contribution in [2.75, 3.05) is 0 Å². The molecule has 0 radical (unpaired) electrons. The average molecular weight is 286 g/mol. The number of hydrogen-bond donors (Lipinski definition) is 2. The van der Waals surface area contributed by atoms with E-state index in [0.717, 1.165) is 5.56 Å². The van der Waals surface area contributed by atoms with E-state index in [9.17, 15) is 14.0 Å². The van der Waals surface area contributed by atoms with Gasteiger partial charge in [0.1, 0.15) is 5.82 Å². The van der Waals surface area contributed by atoms with Gasteiger partial charge in [-0.1, -0.05) is 18.2 Å². The Bertz CT molecular complexity index is 698. The van der Waals surface area contributed by atoms with E-state index in [4.69, 9.17) is 5.73 Å². The monoisotopic (exact) mass is 286 g/mol. The summed E-state index contributed by atoms with van der Waals surface area (Å²) in [6, 6.07) is 11.0. The highest BCUT2D eigenvalue weighted by atomic mass is 19.1. The molecule has 0 unspecified atom stereocenters. The molecular weight excluding hydrogens is 271 g/mol. The number of aryl methyl sites for hydroxylation is 1. The van der Waals surface area contributed by atoms with Crippen LogP contribution >= 0.6 is 0 Å². The summed E-state index contributed by atoms with van der Waals surface area (Å²) in [5.41, 5.74) is 7.01. The Balaban J connectivity index is 2.07. The number of halogens is 1. The second-order valence-electron chi connectivity index (χ2n) is 4.73. The average Bonchev–Trinajstić information content (AvgIpc) is 2.45. The molecular formula is C16H15FN2O2. The van der Waals surface area contributed by atoms with E-state index in [1.165, 1.54) is 12.1 Å². The minimum Gasteiger partial charge on any atom is -0.366 e. The van der Waals surface area contributed by atoms with Gasteiger partial charge < -0.3 is 11.1 Å². The summed E-state index contributed by atoms with van der Waals surface area (Å²) in [4.78, 5) is 23.0. The van der Waals surface area contributed by atoms with Gasteiger partial charge in [0, 0.05) is 12.1 Å². The fraction of sp³-hybridized carbons (Fsp3) is 0.125. The van der Waals surface area contributed by atoms with Crippen LogP contribution in [0, 0.1) is 12.7 Å². The predicted octanol–water partition coefficient (Wildman–Crippen LogP) is 2.16. The molecule has 0 aliphatic rings. The molecule has 0 spiro atoms. The Morgan fingerprint density at radius 2 is 1.95 bits per heavy atom. The van der Waals surface area contributed by atoms with E-state index in [-0.39, 0.29) is 12.1 Å². The lowest BCUT2D eigenvalue weighted by molar-refractivity contribution is 0.0946. The molecule has 0 saturated heterocycles. The molecule has 0 bridgehead atoms. The first-order valence-electron chi connectivity index (χ1n) is 6.40. The maximum absolute atomic E-state index is 13.7. The summed E-state index contributed by atoms with van der Waals surface area (Å²) >= 11 is 0. The Labute approximate surface area is 121 Å². The molecule has 0 heterocycles. The van der Waals surface area contributed by atoms with E-state index >= 15 is 0 Å². The van der Waals surface area contributed by atoms with Gasteiger partial charge in [-0.25, -0.2) is 4.39 Å². The molecule has 2 amide bonds. The van der Waals surface area contributed by atoms with Gasteiger partial charge in [-0.2, -0.15) is 0 Å². The highest BCUT2D eigenvalue weighted by molar-refractivity contribution is 5.94. The first-order chi connectivity index (χ1) is 9.97. The molecule has 0 aliphatic heterocycles. The van der Waals surface area contributed by atoms with E-state index in [2.05, 4.69) is 5.32 Å². The topological polar surface area (TPSA) is 72.2 Å². The van der Waals surface area contributed by atoms with E-state index in [0.29, 0.717) is 11.1 Å². The highest BCUT2D eigenvalue weighted by Crippen LogP contribution is 2.10. The third-order valence-corrected chi connectivity index (χ3v) is 3.03. The van der Waals surface area contributed by atoms with E-state index in [1.807, 2.05) is 0 Å². The number of carbonyl (C=O) groups is 2. The fourth-order valence-corrected chi connectivity index (χ4v) is 1.92. The van der Waals surface area contributed by atoms with Crippen LogP contribution in [0.2, 0.25) is 0 Å². The molecule has 0 aromatic heterocycles. The van der Waals surface area contributed by atoms with E-state index in [1.54, 1.807) is 37.3 Å². The van der Waals surface area contributed by atoms with Crippen LogP contribution in [-0.4, -0.2) is 11.8 Å². The molecule has 108 valence electrons. The first kappa shape index (κ1) is 14.7. The van der Waals surface area contributed by atoms with Crippen LogP contribution in [0.1, 0.15) is 31.8 Å². The van der Waals surface area contributed by atoms with Crippen molar-refractivity contribution in [2.45, 2.75) is 13.5 Å². The van der Waals surface area contributed by atoms with Gasteiger partial charge in [-0.05, 0) is 42.3 Å². The van der Waals surface area contributed by atoms with Crippen molar-refractivity contribution in [3.05, 3.63) is 70.5 Å². The van der Waals surface area contributed by atoms with Crippen LogP contribution in [0.15, 0.2) is 42.5 Å². The standard InChI is InChI=1S/C16H15FN2O2/c1-10-5-6-13(14(17)7-10)16(21)19-9-11-3-2-4-12(8-11)15(18)20/h2-8H,9H2,1H3,(H2,18,20)(H,19,21). The molecule has 2 aromatic rings. The smallest absolute Gasteiger partial charge is 0.254 e. The van der Waals surface area contributed by atoms with Crippen molar-refractivity contribution in [1.82, 2.24) is 5.32 Å². The van der Waals surface area contributed by atoms with Crippen molar-refractivity contribution in [2.24, 2.45) is 5.73 Å². The summed E-state index contributed by atoms with van der Waals surface area (Å²) in [5, 5.41) is 2.61. The van der Waals surface area contributed by atoms with Crippen LogP contribution < -0.4 is 11.1 Å². The number of carbonyl (C=O) groups excluding carboxylic acids is 2. The summed E-state index contributed by atoms with van der Waals surface area (Å²) in [6.07, 6.45) is 0. The molecule has 21 heavy (non-hydrogen) atoms. The lowest BCUT2D eigenvalue weighted by Crippen LogP contribution is -2.24. The largest absolute Gasteiger partial charge is 0.366 e. The zero-order valence-electron chi connectivity index (χ0n) is 11.5. The molecule has 0 fully saturated rings. The molecule has 0 atom stereocenters. The number of rotatable bonds is 4. The Morgan fingerprint density at radius 1 is 1.19 bits per heavy atom. The van der Waals surface area contributed by atoms with Crippen LogP contribution in [0.4, 0.5) is 4.39 Å². The molecule has 3 N–H and O–H groups in total. The fourth-order valence-electron chi connectivity index (χ4n) is 1.92. The summed E-state index contributed by atoms with van der Waals surface area (Å²) in [7, 11) is 0. The third-order valence-electron chi connectivity index (χ3n) is 3.03. The summed E-state index contributed by atoms with van der Waals surface area (Å²) < 4.78 is 13.7. The Hall–Kier alpha value is -2.69. The normalized spacial score (nSPS) is 10.2. The maximum Gasteiger partial charge on any atom is 0.254 e. The zero-order chi connectivity index (χ0) is 15.4. The number of amides is 2. The van der Waals surface area contributed by atoms with Crippen LogP contribution in [0.5, 0.6) is 0 Å². The minimum absolute atomic E-state index is 0.00773. The first-order valence-corrected chi connectivity index (χ1v) is 6.40. The number of primary amides is 1. The molecule has 0 aliphatic carbocycles. The Morgan fingerprint density at radius 3 is 2.62 bits per heavy atom. The number of nitrogens with one attached hydrogen (secondary N) is 1. The number of hydrogen-bond acceptors (Lipinski definition) is 2. The maximum atomic E-state index is 13.7. The molecule has 2 aromatic carbocycles. The summed E-state index contributed by atoms with van der Waals surface area (Å²) in [6.45, 7) is 1.94.